The van der Waals surface area contributed by atoms with E-state index in [1.165, 1.54) is 6.92 Å². The van der Waals surface area contributed by atoms with Crippen molar-refractivity contribution in [2.45, 2.75) is 19.9 Å². The number of rotatable bonds is 3. The molecule has 6 heteroatoms. The van der Waals surface area contributed by atoms with Gasteiger partial charge in [-0.2, -0.15) is 0 Å². The van der Waals surface area contributed by atoms with Crippen LogP contribution in [0.3, 0.4) is 0 Å². The minimum atomic E-state index is -0.629. The quantitative estimate of drug-likeness (QED) is 0.767. The Morgan fingerprint density at radius 1 is 1.29 bits per heavy atom. The first-order valence-electron chi connectivity index (χ1n) is 5.03. The van der Waals surface area contributed by atoms with Crippen molar-refractivity contribution >= 4 is 34.8 Å². The van der Waals surface area contributed by atoms with Crippen molar-refractivity contribution in [3.8, 4) is 0 Å². The highest BCUT2D eigenvalue weighted by molar-refractivity contribution is 6.31. The third kappa shape index (κ3) is 4.05. The first-order chi connectivity index (χ1) is 7.90. The van der Waals surface area contributed by atoms with E-state index in [1.54, 1.807) is 25.1 Å². The summed E-state index contributed by atoms with van der Waals surface area (Å²) in [5, 5.41) is 5.65. The summed E-state index contributed by atoms with van der Waals surface area (Å²) in [7, 11) is 0. The Kier molecular flexibility index (Phi) is 4.48. The van der Waals surface area contributed by atoms with Crippen LogP contribution in [0.15, 0.2) is 18.2 Å². The molecule has 1 rings (SSSR count). The van der Waals surface area contributed by atoms with Gasteiger partial charge in [0, 0.05) is 11.9 Å². The normalized spacial score (nSPS) is 11.8. The Bertz CT molecular complexity index is 446. The van der Waals surface area contributed by atoms with Gasteiger partial charge in [0.1, 0.15) is 0 Å². The van der Waals surface area contributed by atoms with Crippen LogP contribution < -0.4 is 16.4 Å². The topological polar surface area (TPSA) is 84.2 Å². The van der Waals surface area contributed by atoms with Crippen LogP contribution in [0.4, 0.5) is 11.4 Å². The second-order valence-corrected chi connectivity index (χ2v) is 4.09. The number of nitrogens with one attached hydrogen (secondary N) is 2. The van der Waals surface area contributed by atoms with E-state index in [0.717, 1.165) is 0 Å². The fraction of sp³-hybridized carbons (Fsp3) is 0.273. The molecule has 17 heavy (non-hydrogen) atoms. The molecule has 0 fully saturated rings. The van der Waals surface area contributed by atoms with Gasteiger partial charge in [-0.1, -0.05) is 11.6 Å². The minimum Gasteiger partial charge on any atom is -0.324 e. The van der Waals surface area contributed by atoms with Gasteiger partial charge in [-0.3, -0.25) is 9.59 Å². The standard InChI is InChI=1S/C11H14ClN3O2/c1-6(13)11(17)15-9-4-3-8(12)5-10(9)14-7(2)16/h3-6H,13H2,1-2H3,(H,14,16)(H,15,17)/t6-/m0/s1. The summed E-state index contributed by atoms with van der Waals surface area (Å²) in [6, 6.07) is 4.15. The summed E-state index contributed by atoms with van der Waals surface area (Å²) >= 11 is 5.81. The molecule has 0 heterocycles. The third-order valence-electron chi connectivity index (χ3n) is 1.96. The lowest BCUT2D eigenvalue weighted by atomic mass is 10.2. The Balaban J connectivity index is 2.97. The molecule has 0 saturated carbocycles. The number of anilines is 2. The van der Waals surface area contributed by atoms with Crippen LogP contribution in [0.1, 0.15) is 13.8 Å². The van der Waals surface area contributed by atoms with Gasteiger partial charge in [0.15, 0.2) is 0 Å². The predicted octanol–water partition coefficient (Wildman–Crippen LogP) is 1.58. The van der Waals surface area contributed by atoms with E-state index in [0.29, 0.717) is 16.4 Å². The zero-order valence-electron chi connectivity index (χ0n) is 9.58. The van der Waals surface area contributed by atoms with Crippen LogP contribution in [0.5, 0.6) is 0 Å². The SMILES string of the molecule is CC(=O)Nc1cc(Cl)ccc1NC(=O)[C@H](C)N. The van der Waals surface area contributed by atoms with E-state index in [4.69, 9.17) is 17.3 Å². The number of amides is 2. The van der Waals surface area contributed by atoms with E-state index in [-0.39, 0.29) is 11.8 Å². The molecule has 92 valence electrons. The highest BCUT2D eigenvalue weighted by atomic mass is 35.5. The maximum atomic E-state index is 11.5. The number of carbonyl (C=O) groups excluding carboxylic acids is 2. The molecular weight excluding hydrogens is 242 g/mol. The zero-order chi connectivity index (χ0) is 13.0. The smallest absolute Gasteiger partial charge is 0.241 e. The Labute approximate surface area is 104 Å². The molecule has 2 amide bonds. The van der Waals surface area contributed by atoms with Crippen LogP contribution in [0.25, 0.3) is 0 Å². The number of halogens is 1. The van der Waals surface area contributed by atoms with Crippen LogP contribution >= 0.6 is 11.6 Å². The lowest BCUT2D eigenvalue weighted by Gasteiger charge is -2.13. The van der Waals surface area contributed by atoms with E-state index in [9.17, 15) is 9.59 Å². The monoisotopic (exact) mass is 255 g/mol. The summed E-state index contributed by atoms with van der Waals surface area (Å²) < 4.78 is 0. The Hall–Kier alpha value is -1.59. The number of nitrogens with two attached hydrogens (primary N) is 1. The summed E-state index contributed by atoms with van der Waals surface area (Å²) in [5.41, 5.74) is 6.35. The molecule has 0 spiro atoms. The maximum Gasteiger partial charge on any atom is 0.241 e. The number of carbonyl (C=O) groups is 2. The number of hydrogen-bond donors (Lipinski definition) is 3. The van der Waals surface area contributed by atoms with Gasteiger partial charge in [0.05, 0.1) is 17.4 Å². The van der Waals surface area contributed by atoms with Crippen LogP contribution in [0, 0.1) is 0 Å². The predicted molar refractivity (Wildman–Crippen MR) is 68.0 cm³/mol. The van der Waals surface area contributed by atoms with Gasteiger partial charge >= 0.3 is 0 Å². The maximum absolute atomic E-state index is 11.5. The van der Waals surface area contributed by atoms with Crippen molar-refractivity contribution in [1.82, 2.24) is 0 Å². The van der Waals surface area contributed by atoms with Gasteiger partial charge in [-0.05, 0) is 25.1 Å². The van der Waals surface area contributed by atoms with Crippen LogP contribution in [-0.4, -0.2) is 17.9 Å². The van der Waals surface area contributed by atoms with E-state index >= 15 is 0 Å². The second-order valence-electron chi connectivity index (χ2n) is 3.65. The molecule has 0 bridgehead atoms. The average molecular weight is 256 g/mol. The van der Waals surface area contributed by atoms with Crippen molar-refractivity contribution in [2.75, 3.05) is 10.6 Å². The average Bonchev–Trinajstić information content (AvgIpc) is 2.20. The van der Waals surface area contributed by atoms with Gasteiger partial charge < -0.3 is 16.4 Å². The molecule has 0 aliphatic carbocycles. The fourth-order valence-electron chi connectivity index (χ4n) is 1.17. The Morgan fingerprint density at radius 3 is 2.47 bits per heavy atom. The minimum absolute atomic E-state index is 0.247. The lowest BCUT2D eigenvalue weighted by molar-refractivity contribution is -0.117. The summed E-state index contributed by atoms with van der Waals surface area (Å²) in [6.45, 7) is 2.95. The van der Waals surface area contributed by atoms with E-state index in [1.807, 2.05) is 0 Å². The number of hydrogen-bond acceptors (Lipinski definition) is 3. The van der Waals surface area contributed by atoms with Crippen molar-refractivity contribution in [2.24, 2.45) is 5.73 Å². The third-order valence-corrected chi connectivity index (χ3v) is 2.20. The molecule has 1 aromatic rings. The molecule has 0 aliphatic heterocycles. The molecule has 0 unspecified atom stereocenters. The molecule has 0 aliphatic rings. The van der Waals surface area contributed by atoms with Crippen molar-refractivity contribution in [3.05, 3.63) is 23.2 Å². The van der Waals surface area contributed by atoms with Crippen molar-refractivity contribution in [3.63, 3.8) is 0 Å². The molecule has 1 atom stereocenters. The van der Waals surface area contributed by atoms with Crippen LogP contribution in [-0.2, 0) is 9.59 Å². The van der Waals surface area contributed by atoms with E-state index < -0.39 is 6.04 Å². The van der Waals surface area contributed by atoms with Gasteiger partial charge in [-0.25, -0.2) is 0 Å². The highest BCUT2D eigenvalue weighted by Crippen LogP contribution is 2.25. The van der Waals surface area contributed by atoms with Crippen molar-refractivity contribution < 1.29 is 9.59 Å². The van der Waals surface area contributed by atoms with Gasteiger partial charge in [-0.15, -0.1) is 0 Å². The summed E-state index contributed by atoms with van der Waals surface area (Å²) in [4.78, 5) is 22.5. The molecule has 5 nitrogen and oxygen atoms in total. The van der Waals surface area contributed by atoms with E-state index in [2.05, 4.69) is 10.6 Å². The molecule has 1 aromatic carbocycles. The highest BCUT2D eigenvalue weighted by Gasteiger charge is 2.11. The largest absolute Gasteiger partial charge is 0.324 e. The first kappa shape index (κ1) is 13.5. The van der Waals surface area contributed by atoms with Crippen LogP contribution in [0.2, 0.25) is 5.02 Å². The molecule has 0 saturated heterocycles. The second kappa shape index (κ2) is 5.65. The lowest BCUT2D eigenvalue weighted by Crippen LogP contribution is -2.32. The summed E-state index contributed by atoms with van der Waals surface area (Å²) in [6.07, 6.45) is 0. The molecule has 4 N–H and O–H groups in total. The van der Waals surface area contributed by atoms with Crippen molar-refractivity contribution in [1.29, 1.82) is 0 Å². The number of benzene rings is 1. The fourth-order valence-corrected chi connectivity index (χ4v) is 1.34. The zero-order valence-corrected chi connectivity index (χ0v) is 10.3. The molecule has 0 radical (unpaired) electrons. The Morgan fingerprint density at radius 2 is 1.94 bits per heavy atom. The van der Waals surface area contributed by atoms with Gasteiger partial charge in [0.2, 0.25) is 11.8 Å². The summed E-state index contributed by atoms with van der Waals surface area (Å²) in [5.74, 6) is -0.581. The molecular formula is C11H14ClN3O2. The first-order valence-corrected chi connectivity index (χ1v) is 5.41. The molecule has 0 aromatic heterocycles. The van der Waals surface area contributed by atoms with Gasteiger partial charge in [0.25, 0.3) is 0 Å².